The molecule has 0 saturated heterocycles. The quantitative estimate of drug-likeness (QED) is 0.691. The second-order valence-electron chi connectivity index (χ2n) is 7.21. The van der Waals surface area contributed by atoms with Gasteiger partial charge in [-0.1, -0.05) is 19.1 Å². The van der Waals surface area contributed by atoms with E-state index >= 15 is 0 Å². The highest BCUT2D eigenvalue weighted by molar-refractivity contribution is 7.14. The number of para-hydroxylation sites is 2. The summed E-state index contributed by atoms with van der Waals surface area (Å²) in [6.07, 6.45) is 1.98. The van der Waals surface area contributed by atoms with Crippen LogP contribution in [0.2, 0.25) is 0 Å². The molecule has 0 saturated carbocycles. The Labute approximate surface area is 166 Å². The molecule has 0 fully saturated rings. The fraction of sp³-hybridized carbons (Fsp3) is 0.350. The Balaban J connectivity index is 1.31. The Hall–Kier alpha value is -2.87. The van der Waals surface area contributed by atoms with Gasteiger partial charge in [0.05, 0.1) is 17.0 Å². The van der Waals surface area contributed by atoms with Crippen LogP contribution in [0.3, 0.4) is 0 Å². The number of rotatable bonds is 3. The van der Waals surface area contributed by atoms with Crippen LogP contribution in [0.4, 0.5) is 5.69 Å². The first-order valence-corrected chi connectivity index (χ1v) is 10.1. The third kappa shape index (κ3) is 3.87. The van der Waals surface area contributed by atoms with E-state index in [0.29, 0.717) is 22.2 Å². The molecule has 0 spiro atoms. The summed E-state index contributed by atoms with van der Waals surface area (Å²) in [5.74, 6) is -0.0883. The van der Waals surface area contributed by atoms with Crippen molar-refractivity contribution in [2.45, 2.75) is 38.7 Å². The van der Waals surface area contributed by atoms with Gasteiger partial charge >= 0.3 is 0 Å². The molecule has 2 aliphatic rings. The molecule has 28 heavy (non-hydrogen) atoms. The Kier molecular flexibility index (Phi) is 5.04. The van der Waals surface area contributed by atoms with E-state index < -0.39 is 12.0 Å². The number of nitrogens with one attached hydrogen (secondary N) is 3. The van der Waals surface area contributed by atoms with Gasteiger partial charge in [0.1, 0.15) is 5.75 Å². The van der Waals surface area contributed by atoms with Crippen molar-refractivity contribution in [1.29, 1.82) is 0 Å². The Morgan fingerprint density at radius 3 is 2.96 bits per heavy atom. The molecule has 1 aliphatic heterocycles. The number of amides is 3. The summed E-state index contributed by atoms with van der Waals surface area (Å²) in [7, 11) is 0. The molecule has 0 bridgehead atoms. The van der Waals surface area contributed by atoms with Gasteiger partial charge in [-0.3, -0.25) is 25.2 Å². The molecule has 4 rings (SSSR count). The minimum atomic E-state index is -0.942. The molecular formula is C20H21N3O4S. The summed E-state index contributed by atoms with van der Waals surface area (Å²) in [5, 5.41) is 2.71. The van der Waals surface area contributed by atoms with Crippen LogP contribution < -0.4 is 20.9 Å². The lowest BCUT2D eigenvalue weighted by Gasteiger charge is -2.25. The molecule has 0 unspecified atom stereocenters. The third-order valence-corrected chi connectivity index (χ3v) is 6.18. The summed E-state index contributed by atoms with van der Waals surface area (Å²) in [6.45, 7) is 2.21. The average Bonchev–Trinajstić information content (AvgIpc) is 3.10. The number of ether oxygens (including phenoxy) is 1. The highest BCUT2D eigenvalue weighted by Crippen LogP contribution is 2.32. The van der Waals surface area contributed by atoms with Crippen LogP contribution in [0.25, 0.3) is 0 Å². The first-order valence-electron chi connectivity index (χ1n) is 9.27. The molecule has 1 aliphatic carbocycles. The molecule has 8 heteroatoms. The number of anilines is 1. The van der Waals surface area contributed by atoms with Crippen LogP contribution >= 0.6 is 11.3 Å². The zero-order valence-electron chi connectivity index (χ0n) is 15.4. The minimum Gasteiger partial charge on any atom is -0.478 e. The van der Waals surface area contributed by atoms with Crippen LogP contribution in [0.15, 0.2) is 30.3 Å². The molecule has 1 aromatic carbocycles. The smallest absolute Gasteiger partial charge is 0.279 e. The van der Waals surface area contributed by atoms with Crippen molar-refractivity contribution in [1.82, 2.24) is 10.9 Å². The molecule has 0 radical (unpaired) electrons. The van der Waals surface area contributed by atoms with Gasteiger partial charge in [0, 0.05) is 4.88 Å². The number of carbonyl (C=O) groups is 3. The van der Waals surface area contributed by atoms with Crippen molar-refractivity contribution < 1.29 is 19.1 Å². The van der Waals surface area contributed by atoms with Gasteiger partial charge in [-0.25, -0.2) is 0 Å². The van der Waals surface area contributed by atoms with Gasteiger partial charge in [-0.15, -0.1) is 11.3 Å². The first kappa shape index (κ1) is 18.5. The number of carbonyl (C=O) groups excluding carboxylic acids is 3. The first-order chi connectivity index (χ1) is 13.5. The zero-order valence-corrected chi connectivity index (χ0v) is 16.2. The van der Waals surface area contributed by atoms with Gasteiger partial charge in [0.25, 0.3) is 11.8 Å². The lowest BCUT2D eigenvalue weighted by Crippen LogP contribution is -2.46. The summed E-state index contributed by atoms with van der Waals surface area (Å²) < 4.78 is 5.59. The molecular weight excluding hydrogens is 378 g/mol. The van der Waals surface area contributed by atoms with Crippen molar-refractivity contribution in [3.8, 4) is 5.75 Å². The van der Waals surface area contributed by atoms with Crippen LogP contribution in [-0.2, 0) is 22.4 Å². The van der Waals surface area contributed by atoms with E-state index in [1.54, 1.807) is 24.3 Å². The number of thiophene rings is 1. The second-order valence-corrected chi connectivity index (χ2v) is 8.34. The zero-order chi connectivity index (χ0) is 19.7. The van der Waals surface area contributed by atoms with Gasteiger partial charge < -0.3 is 10.1 Å². The molecule has 146 valence electrons. The predicted octanol–water partition coefficient (Wildman–Crippen LogP) is 2.42. The second kappa shape index (κ2) is 7.63. The fourth-order valence-corrected chi connectivity index (χ4v) is 4.56. The fourth-order valence-electron chi connectivity index (χ4n) is 3.45. The van der Waals surface area contributed by atoms with Crippen molar-refractivity contribution in [2.75, 3.05) is 5.32 Å². The van der Waals surface area contributed by atoms with E-state index in [9.17, 15) is 14.4 Å². The highest BCUT2D eigenvalue weighted by Gasteiger charge is 2.29. The summed E-state index contributed by atoms with van der Waals surface area (Å²) in [5.41, 5.74) is 6.60. The van der Waals surface area contributed by atoms with Crippen molar-refractivity contribution in [3.63, 3.8) is 0 Å². The molecule has 2 heterocycles. The molecule has 7 nitrogen and oxygen atoms in total. The Morgan fingerprint density at radius 2 is 2.11 bits per heavy atom. The predicted molar refractivity (Wildman–Crippen MR) is 105 cm³/mol. The third-order valence-electron chi connectivity index (χ3n) is 4.95. The number of benzene rings is 1. The standard InChI is InChI=1S/C20H21N3O4S/c1-11-6-7-16-12(8-11)9-17(28-16)20(26)23-22-18(24)10-15-19(25)21-13-4-2-3-5-14(13)27-15/h2-5,9,11,15H,6-8,10H2,1H3,(H,21,25)(H,22,24)(H,23,26)/t11-,15-/m1/s1. The minimum absolute atomic E-state index is 0.196. The maximum Gasteiger partial charge on any atom is 0.279 e. The summed E-state index contributed by atoms with van der Waals surface area (Å²) in [4.78, 5) is 38.4. The Morgan fingerprint density at radius 1 is 1.29 bits per heavy atom. The number of aryl methyl sites for hydroxylation is 1. The number of fused-ring (bicyclic) bond motifs is 2. The van der Waals surface area contributed by atoms with Gasteiger partial charge in [0.15, 0.2) is 6.10 Å². The van der Waals surface area contributed by atoms with E-state index in [-0.39, 0.29) is 18.2 Å². The summed E-state index contributed by atoms with van der Waals surface area (Å²) >= 11 is 1.47. The van der Waals surface area contributed by atoms with Crippen molar-refractivity contribution in [2.24, 2.45) is 5.92 Å². The SMILES string of the molecule is C[C@@H]1CCc2sc(C(=O)NNC(=O)C[C@H]3Oc4ccccc4NC3=O)cc2C1. The van der Waals surface area contributed by atoms with Crippen LogP contribution in [-0.4, -0.2) is 23.8 Å². The summed E-state index contributed by atoms with van der Waals surface area (Å²) in [6, 6.07) is 8.93. The number of hydrogen-bond donors (Lipinski definition) is 3. The lowest BCUT2D eigenvalue weighted by molar-refractivity contribution is -0.130. The maximum absolute atomic E-state index is 12.3. The van der Waals surface area contributed by atoms with Gasteiger partial charge in [-0.2, -0.15) is 0 Å². The lowest BCUT2D eigenvalue weighted by atomic mass is 9.90. The number of hydrazine groups is 1. The molecule has 2 atom stereocenters. The Bertz CT molecular complexity index is 939. The molecule has 2 aromatic rings. The van der Waals surface area contributed by atoms with Crippen LogP contribution in [0.1, 0.15) is 39.9 Å². The topological polar surface area (TPSA) is 96.5 Å². The van der Waals surface area contributed by atoms with E-state index in [2.05, 4.69) is 23.1 Å². The highest BCUT2D eigenvalue weighted by atomic mass is 32.1. The monoisotopic (exact) mass is 399 g/mol. The van der Waals surface area contributed by atoms with Crippen LogP contribution in [0, 0.1) is 5.92 Å². The normalized spacial score (nSPS) is 20.2. The van der Waals surface area contributed by atoms with Crippen molar-refractivity contribution >= 4 is 34.7 Å². The molecule has 3 amide bonds. The van der Waals surface area contributed by atoms with Gasteiger partial charge in [-0.05, 0) is 48.9 Å². The van der Waals surface area contributed by atoms with E-state index in [0.717, 1.165) is 19.3 Å². The van der Waals surface area contributed by atoms with E-state index in [4.69, 9.17) is 4.74 Å². The number of hydrogen-bond acceptors (Lipinski definition) is 5. The van der Waals surface area contributed by atoms with Gasteiger partial charge in [0.2, 0.25) is 5.91 Å². The molecule has 1 aromatic heterocycles. The maximum atomic E-state index is 12.3. The largest absolute Gasteiger partial charge is 0.478 e. The van der Waals surface area contributed by atoms with E-state index in [1.807, 2.05) is 6.07 Å². The van der Waals surface area contributed by atoms with Crippen LogP contribution in [0.5, 0.6) is 5.75 Å². The average molecular weight is 399 g/mol. The van der Waals surface area contributed by atoms with Crippen molar-refractivity contribution in [3.05, 3.63) is 45.6 Å². The molecule has 3 N–H and O–H groups in total. The van der Waals surface area contributed by atoms with E-state index in [1.165, 1.54) is 21.8 Å².